The van der Waals surface area contributed by atoms with Crippen LogP contribution in [0.5, 0.6) is 0 Å². The molecule has 1 aromatic heterocycles. The van der Waals surface area contributed by atoms with Gasteiger partial charge < -0.3 is 10.7 Å². The highest BCUT2D eigenvalue weighted by atomic mass is 14.9. The van der Waals surface area contributed by atoms with Gasteiger partial charge in [0.25, 0.3) is 0 Å². The minimum Gasteiger partial charge on any atom is -0.338 e. The number of aromatic nitrogens is 2. The molecule has 0 saturated carbocycles. The monoisotopic (exact) mass is 265 g/mol. The van der Waals surface area contributed by atoms with Crippen molar-refractivity contribution in [3.05, 3.63) is 53.6 Å². The molecule has 3 heteroatoms. The number of imidazole rings is 1. The van der Waals surface area contributed by atoms with Crippen molar-refractivity contribution in [3.63, 3.8) is 0 Å². The number of H-pyrrole nitrogens is 1. The number of benzene rings is 2. The molecule has 0 bridgehead atoms. The van der Waals surface area contributed by atoms with Crippen LogP contribution in [0.3, 0.4) is 0 Å². The SMILES string of the molecule is Cc1cccc(-c2nc3ccc(C(C)(C)N)cc3[nH]2)c1. The third-order valence-corrected chi connectivity index (χ3v) is 3.52. The van der Waals surface area contributed by atoms with Crippen LogP contribution in [-0.4, -0.2) is 9.97 Å². The normalized spacial score (nSPS) is 12.0. The summed E-state index contributed by atoms with van der Waals surface area (Å²) in [5.74, 6) is 0.899. The summed E-state index contributed by atoms with van der Waals surface area (Å²) in [5, 5.41) is 0. The predicted octanol–water partition coefficient (Wildman–Crippen LogP) is 3.73. The molecule has 0 radical (unpaired) electrons. The number of aryl methyl sites for hydroxylation is 1. The first kappa shape index (κ1) is 12.9. The largest absolute Gasteiger partial charge is 0.338 e. The molecule has 3 aromatic rings. The maximum Gasteiger partial charge on any atom is 0.138 e. The highest BCUT2D eigenvalue weighted by molar-refractivity contribution is 5.80. The van der Waals surface area contributed by atoms with E-state index in [1.54, 1.807) is 0 Å². The minimum atomic E-state index is -0.344. The fourth-order valence-electron chi connectivity index (χ4n) is 2.34. The number of hydrogen-bond acceptors (Lipinski definition) is 2. The number of fused-ring (bicyclic) bond motifs is 1. The molecule has 2 aromatic carbocycles. The molecule has 0 atom stereocenters. The van der Waals surface area contributed by atoms with Crippen molar-refractivity contribution in [2.45, 2.75) is 26.3 Å². The molecule has 0 amide bonds. The topological polar surface area (TPSA) is 54.7 Å². The Balaban J connectivity index is 2.11. The Morgan fingerprint density at radius 3 is 2.60 bits per heavy atom. The molecule has 3 N–H and O–H groups in total. The maximum atomic E-state index is 6.15. The van der Waals surface area contributed by atoms with Gasteiger partial charge in [0.15, 0.2) is 0 Å². The molecule has 0 spiro atoms. The second kappa shape index (κ2) is 4.46. The summed E-state index contributed by atoms with van der Waals surface area (Å²) in [6.07, 6.45) is 0. The van der Waals surface area contributed by atoms with Gasteiger partial charge in [-0.2, -0.15) is 0 Å². The van der Waals surface area contributed by atoms with E-state index in [1.165, 1.54) is 5.56 Å². The number of nitrogens with zero attached hydrogens (tertiary/aromatic N) is 1. The van der Waals surface area contributed by atoms with E-state index in [0.717, 1.165) is 28.0 Å². The van der Waals surface area contributed by atoms with E-state index in [-0.39, 0.29) is 5.54 Å². The lowest BCUT2D eigenvalue weighted by Gasteiger charge is -2.18. The highest BCUT2D eigenvalue weighted by Gasteiger charge is 2.15. The zero-order chi connectivity index (χ0) is 14.3. The summed E-state index contributed by atoms with van der Waals surface area (Å²) in [6.45, 7) is 6.10. The molecule has 0 fully saturated rings. The molecule has 1 heterocycles. The number of hydrogen-bond donors (Lipinski definition) is 2. The van der Waals surface area contributed by atoms with E-state index >= 15 is 0 Å². The molecular weight excluding hydrogens is 246 g/mol. The molecule has 102 valence electrons. The first-order valence-corrected chi connectivity index (χ1v) is 6.80. The van der Waals surface area contributed by atoms with Crippen molar-refractivity contribution in [3.8, 4) is 11.4 Å². The lowest BCUT2D eigenvalue weighted by Crippen LogP contribution is -2.28. The summed E-state index contributed by atoms with van der Waals surface area (Å²) in [4.78, 5) is 8.04. The average molecular weight is 265 g/mol. The van der Waals surface area contributed by atoms with Gasteiger partial charge in [0.2, 0.25) is 0 Å². The predicted molar refractivity (Wildman–Crippen MR) is 83.5 cm³/mol. The van der Waals surface area contributed by atoms with E-state index < -0.39 is 0 Å². The quantitative estimate of drug-likeness (QED) is 0.741. The van der Waals surface area contributed by atoms with E-state index in [9.17, 15) is 0 Å². The molecular formula is C17H19N3. The van der Waals surface area contributed by atoms with Crippen LogP contribution in [-0.2, 0) is 5.54 Å². The zero-order valence-corrected chi connectivity index (χ0v) is 12.1. The van der Waals surface area contributed by atoms with Crippen LogP contribution in [0.1, 0.15) is 25.0 Å². The number of aromatic amines is 1. The van der Waals surface area contributed by atoms with Crippen molar-refractivity contribution < 1.29 is 0 Å². The van der Waals surface area contributed by atoms with E-state index in [0.29, 0.717) is 0 Å². The standard InChI is InChI=1S/C17H19N3/c1-11-5-4-6-12(9-11)16-19-14-8-7-13(17(2,3)18)10-15(14)20-16/h4-10H,18H2,1-3H3,(H,19,20). The van der Waals surface area contributed by atoms with Gasteiger partial charge in [-0.1, -0.05) is 29.8 Å². The summed E-state index contributed by atoms with van der Waals surface area (Å²) in [7, 11) is 0. The number of nitrogens with one attached hydrogen (secondary N) is 1. The molecule has 0 aliphatic carbocycles. The Kier molecular flexibility index (Phi) is 2.87. The average Bonchev–Trinajstić information content (AvgIpc) is 2.80. The lowest BCUT2D eigenvalue weighted by molar-refractivity contribution is 0.555. The Labute approximate surface area is 118 Å². The third-order valence-electron chi connectivity index (χ3n) is 3.52. The summed E-state index contributed by atoms with van der Waals surface area (Å²) >= 11 is 0. The van der Waals surface area contributed by atoms with Crippen LogP contribution in [0.15, 0.2) is 42.5 Å². The second-order valence-corrected chi connectivity index (χ2v) is 5.91. The van der Waals surface area contributed by atoms with Gasteiger partial charge in [0.05, 0.1) is 11.0 Å². The maximum absolute atomic E-state index is 6.15. The fourth-order valence-corrected chi connectivity index (χ4v) is 2.34. The van der Waals surface area contributed by atoms with Gasteiger partial charge in [-0.25, -0.2) is 4.98 Å². The van der Waals surface area contributed by atoms with Gasteiger partial charge in [-0.05, 0) is 44.5 Å². The van der Waals surface area contributed by atoms with Crippen LogP contribution < -0.4 is 5.73 Å². The Morgan fingerprint density at radius 2 is 1.90 bits per heavy atom. The smallest absolute Gasteiger partial charge is 0.138 e. The van der Waals surface area contributed by atoms with Gasteiger partial charge in [-0.15, -0.1) is 0 Å². The van der Waals surface area contributed by atoms with Crippen LogP contribution in [0, 0.1) is 6.92 Å². The molecule has 0 aliphatic heterocycles. The van der Waals surface area contributed by atoms with E-state index in [1.807, 2.05) is 32.0 Å². The fraction of sp³-hybridized carbons (Fsp3) is 0.235. The molecule has 3 rings (SSSR count). The summed E-state index contributed by atoms with van der Waals surface area (Å²) < 4.78 is 0. The van der Waals surface area contributed by atoms with Gasteiger partial charge >= 0.3 is 0 Å². The summed E-state index contributed by atoms with van der Waals surface area (Å²) in [5.41, 5.74) is 11.2. The Bertz CT molecular complexity index is 763. The van der Waals surface area contributed by atoms with Crippen LogP contribution in [0.25, 0.3) is 22.4 Å². The second-order valence-electron chi connectivity index (χ2n) is 5.91. The number of nitrogens with two attached hydrogens (primary N) is 1. The molecule has 3 nitrogen and oxygen atoms in total. The molecule has 0 saturated heterocycles. The van der Waals surface area contributed by atoms with Crippen molar-refractivity contribution >= 4 is 11.0 Å². The Hall–Kier alpha value is -2.13. The van der Waals surface area contributed by atoms with Gasteiger partial charge in [-0.3, -0.25) is 0 Å². The van der Waals surface area contributed by atoms with E-state index in [4.69, 9.17) is 5.73 Å². The summed E-state index contributed by atoms with van der Waals surface area (Å²) in [6, 6.07) is 14.5. The van der Waals surface area contributed by atoms with Crippen molar-refractivity contribution in [1.82, 2.24) is 9.97 Å². The van der Waals surface area contributed by atoms with Gasteiger partial charge in [0, 0.05) is 11.1 Å². The third kappa shape index (κ3) is 2.32. The molecule has 0 unspecified atom stereocenters. The zero-order valence-electron chi connectivity index (χ0n) is 12.1. The Morgan fingerprint density at radius 1 is 1.10 bits per heavy atom. The van der Waals surface area contributed by atoms with Gasteiger partial charge in [0.1, 0.15) is 5.82 Å². The van der Waals surface area contributed by atoms with Crippen LogP contribution >= 0.6 is 0 Å². The van der Waals surface area contributed by atoms with Crippen LogP contribution in [0.4, 0.5) is 0 Å². The lowest BCUT2D eigenvalue weighted by atomic mass is 9.95. The first-order chi connectivity index (χ1) is 9.43. The molecule has 20 heavy (non-hydrogen) atoms. The minimum absolute atomic E-state index is 0.344. The van der Waals surface area contributed by atoms with E-state index in [2.05, 4.69) is 41.2 Å². The number of rotatable bonds is 2. The van der Waals surface area contributed by atoms with Crippen molar-refractivity contribution in [2.24, 2.45) is 5.73 Å². The van der Waals surface area contributed by atoms with Crippen molar-refractivity contribution in [1.29, 1.82) is 0 Å². The van der Waals surface area contributed by atoms with Crippen LogP contribution in [0.2, 0.25) is 0 Å². The van der Waals surface area contributed by atoms with Crippen molar-refractivity contribution in [2.75, 3.05) is 0 Å². The first-order valence-electron chi connectivity index (χ1n) is 6.80. The highest BCUT2D eigenvalue weighted by Crippen LogP contribution is 2.25. The molecule has 0 aliphatic rings.